The van der Waals surface area contributed by atoms with Crippen molar-refractivity contribution in [2.75, 3.05) is 12.4 Å². The van der Waals surface area contributed by atoms with Gasteiger partial charge < -0.3 is 10.1 Å². The van der Waals surface area contributed by atoms with Gasteiger partial charge in [0.05, 0.1) is 19.0 Å². The first kappa shape index (κ1) is 19.6. The van der Waals surface area contributed by atoms with E-state index in [1.54, 1.807) is 32.0 Å². The van der Waals surface area contributed by atoms with Crippen molar-refractivity contribution in [3.63, 3.8) is 0 Å². The van der Waals surface area contributed by atoms with Crippen LogP contribution in [0.2, 0.25) is 0 Å². The summed E-state index contributed by atoms with van der Waals surface area (Å²) in [7, 11) is -3.59. The second-order valence-electron chi connectivity index (χ2n) is 7.41. The molecule has 1 heterocycles. The number of halogens is 1. The first-order chi connectivity index (χ1) is 12.7. The summed E-state index contributed by atoms with van der Waals surface area (Å²) in [6.07, 6.45) is 0. The van der Waals surface area contributed by atoms with Gasteiger partial charge in [0, 0.05) is 11.3 Å². The summed E-state index contributed by atoms with van der Waals surface area (Å²) < 4.78 is 45.3. The van der Waals surface area contributed by atoms with Crippen LogP contribution in [0.1, 0.15) is 25.0 Å². The molecule has 0 saturated carbocycles. The zero-order chi connectivity index (χ0) is 19.7. The van der Waals surface area contributed by atoms with Crippen LogP contribution < -0.4 is 5.32 Å². The van der Waals surface area contributed by atoms with E-state index in [1.165, 1.54) is 6.07 Å². The van der Waals surface area contributed by atoms with Crippen LogP contribution in [0.5, 0.6) is 0 Å². The molecule has 1 atom stereocenters. The van der Waals surface area contributed by atoms with Crippen molar-refractivity contribution in [3.05, 3.63) is 83.8 Å². The summed E-state index contributed by atoms with van der Waals surface area (Å²) in [5, 5.41) is 3.18. The Labute approximate surface area is 160 Å². The maximum absolute atomic E-state index is 14.6. The number of benzene rings is 2. The van der Waals surface area contributed by atoms with E-state index in [4.69, 9.17) is 4.74 Å². The smallest absolute Gasteiger partial charge is 0.163 e. The lowest BCUT2D eigenvalue weighted by molar-refractivity contribution is 0.0641. The Bertz CT molecular complexity index is 941. The zero-order valence-corrected chi connectivity index (χ0v) is 16.4. The Morgan fingerprint density at radius 2 is 1.74 bits per heavy atom. The van der Waals surface area contributed by atoms with Crippen molar-refractivity contribution in [1.82, 2.24) is 5.32 Å². The number of sulfone groups is 1. The predicted octanol–water partition coefficient (Wildman–Crippen LogP) is 3.55. The average Bonchev–Trinajstić information content (AvgIpc) is 2.61. The van der Waals surface area contributed by atoms with Crippen molar-refractivity contribution < 1.29 is 17.5 Å². The molecule has 1 aliphatic heterocycles. The van der Waals surface area contributed by atoms with Crippen LogP contribution in [0.25, 0.3) is 0 Å². The first-order valence-corrected chi connectivity index (χ1v) is 10.4. The third kappa shape index (κ3) is 3.64. The van der Waals surface area contributed by atoms with Gasteiger partial charge >= 0.3 is 0 Å². The highest BCUT2D eigenvalue weighted by molar-refractivity contribution is 7.93. The summed E-state index contributed by atoms with van der Waals surface area (Å²) in [6, 6.07) is 15.7. The van der Waals surface area contributed by atoms with Gasteiger partial charge in [0.1, 0.15) is 16.1 Å². The van der Waals surface area contributed by atoms with Gasteiger partial charge in [-0.2, -0.15) is 0 Å². The zero-order valence-electron chi connectivity index (χ0n) is 15.5. The van der Waals surface area contributed by atoms with Crippen LogP contribution in [0, 0.1) is 5.82 Å². The first-order valence-electron chi connectivity index (χ1n) is 8.74. The highest BCUT2D eigenvalue weighted by Gasteiger charge is 2.52. The largest absolute Gasteiger partial charge is 0.375 e. The summed E-state index contributed by atoms with van der Waals surface area (Å²) in [6.45, 7) is 7.42. The molecule has 0 amide bonds. The van der Waals surface area contributed by atoms with E-state index in [0.717, 1.165) is 5.56 Å². The van der Waals surface area contributed by atoms with Crippen molar-refractivity contribution in [1.29, 1.82) is 0 Å². The Balaban J connectivity index is 1.96. The van der Waals surface area contributed by atoms with E-state index in [2.05, 4.69) is 11.9 Å². The summed E-state index contributed by atoms with van der Waals surface area (Å²) in [4.78, 5) is 0. The van der Waals surface area contributed by atoms with Crippen molar-refractivity contribution in [3.8, 4) is 0 Å². The number of hydrogen-bond donors (Lipinski definition) is 1. The van der Waals surface area contributed by atoms with Gasteiger partial charge in [0.15, 0.2) is 9.84 Å². The van der Waals surface area contributed by atoms with Crippen LogP contribution in [0.3, 0.4) is 0 Å². The highest BCUT2D eigenvalue weighted by atomic mass is 32.2. The van der Waals surface area contributed by atoms with Gasteiger partial charge in [-0.25, -0.2) is 12.8 Å². The van der Waals surface area contributed by atoms with Crippen LogP contribution in [-0.2, 0) is 26.7 Å². The normalized spacial score (nSPS) is 23.6. The molecular weight excluding hydrogens is 365 g/mol. The maximum atomic E-state index is 14.6. The summed E-state index contributed by atoms with van der Waals surface area (Å²) >= 11 is 0. The molecule has 0 radical (unpaired) electrons. The third-order valence-corrected chi connectivity index (χ3v) is 7.85. The Morgan fingerprint density at radius 3 is 2.37 bits per heavy atom. The van der Waals surface area contributed by atoms with E-state index in [0.29, 0.717) is 12.3 Å². The van der Waals surface area contributed by atoms with Gasteiger partial charge in [-0.3, -0.25) is 0 Å². The fourth-order valence-corrected chi connectivity index (χ4v) is 4.98. The topological polar surface area (TPSA) is 55.4 Å². The molecule has 0 bridgehead atoms. The van der Waals surface area contributed by atoms with Crippen molar-refractivity contribution in [2.45, 2.75) is 30.7 Å². The molecule has 3 rings (SSSR count). The molecular formula is C21H24FNO3S. The van der Waals surface area contributed by atoms with E-state index in [9.17, 15) is 12.8 Å². The SMILES string of the molecule is C=C1N[C@](COCc2ccccc2)(c2ccccc2F)CS(=O)(=O)C1(C)C. The van der Waals surface area contributed by atoms with E-state index in [1.807, 2.05) is 30.3 Å². The highest BCUT2D eigenvalue weighted by Crippen LogP contribution is 2.39. The molecule has 1 fully saturated rings. The third-order valence-electron chi connectivity index (χ3n) is 5.18. The quantitative estimate of drug-likeness (QED) is 0.850. The molecule has 0 aliphatic carbocycles. The number of ether oxygens (including phenoxy) is 1. The monoisotopic (exact) mass is 389 g/mol. The van der Waals surface area contributed by atoms with Gasteiger partial charge in [-0.15, -0.1) is 0 Å². The molecule has 2 aromatic rings. The molecule has 2 aromatic carbocycles. The molecule has 1 aliphatic rings. The molecule has 0 unspecified atom stereocenters. The molecule has 4 nitrogen and oxygen atoms in total. The van der Waals surface area contributed by atoms with Crippen molar-refractivity contribution in [2.24, 2.45) is 0 Å². The van der Waals surface area contributed by atoms with Gasteiger partial charge in [-0.1, -0.05) is 55.1 Å². The van der Waals surface area contributed by atoms with Gasteiger partial charge in [0.25, 0.3) is 0 Å². The molecule has 0 spiro atoms. The number of nitrogens with one attached hydrogen (secondary N) is 1. The van der Waals surface area contributed by atoms with Gasteiger partial charge in [-0.05, 0) is 25.5 Å². The van der Waals surface area contributed by atoms with Crippen LogP contribution >= 0.6 is 0 Å². The van der Waals surface area contributed by atoms with Crippen molar-refractivity contribution >= 4 is 9.84 Å². The lowest BCUT2D eigenvalue weighted by Crippen LogP contribution is -2.62. The molecule has 27 heavy (non-hydrogen) atoms. The summed E-state index contributed by atoms with van der Waals surface area (Å²) in [5.74, 6) is -0.752. The fourth-order valence-electron chi connectivity index (χ4n) is 3.24. The standard InChI is InChI=1S/C21H24FNO3S/c1-16-20(2,3)27(24,25)15-21(23-16,18-11-7-8-12-19(18)22)14-26-13-17-9-5-4-6-10-17/h4-12,23H,1,13-15H2,2-3H3/t21-/m0/s1. The molecule has 1 saturated heterocycles. The minimum absolute atomic E-state index is 0.00282. The fraction of sp³-hybridized carbons (Fsp3) is 0.333. The molecule has 144 valence electrons. The Kier molecular flexibility index (Phi) is 5.14. The minimum atomic E-state index is -3.59. The van der Waals surface area contributed by atoms with Crippen LogP contribution in [0.15, 0.2) is 66.9 Å². The predicted molar refractivity (Wildman–Crippen MR) is 104 cm³/mol. The number of hydrogen-bond acceptors (Lipinski definition) is 4. The lowest BCUT2D eigenvalue weighted by Gasteiger charge is -2.46. The van der Waals surface area contributed by atoms with E-state index >= 15 is 0 Å². The molecule has 6 heteroatoms. The Morgan fingerprint density at radius 1 is 1.11 bits per heavy atom. The second-order valence-corrected chi connectivity index (χ2v) is 9.95. The molecule has 0 aromatic heterocycles. The molecule has 1 N–H and O–H groups in total. The average molecular weight is 389 g/mol. The van der Waals surface area contributed by atoms with Gasteiger partial charge in [0.2, 0.25) is 0 Å². The van der Waals surface area contributed by atoms with E-state index in [-0.39, 0.29) is 17.9 Å². The Hall–Kier alpha value is -2.18. The minimum Gasteiger partial charge on any atom is -0.375 e. The number of rotatable bonds is 5. The van der Waals surface area contributed by atoms with E-state index < -0.39 is 25.9 Å². The lowest BCUT2D eigenvalue weighted by atomic mass is 9.90. The maximum Gasteiger partial charge on any atom is 0.163 e. The second kappa shape index (κ2) is 7.09. The summed E-state index contributed by atoms with van der Waals surface area (Å²) in [5.41, 5.74) is 0.323. The van der Waals surface area contributed by atoms with Crippen LogP contribution in [0.4, 0.5) is 4.39 Å². The van der Waals surface area contributed by atoms with Crippen LogP contribution in [-0.4, -0.2) is 25.5 Å².